The third-order valence-corrected chi connectivity index (χ3v) is 6.88. The fraction of sp³-hybridized carbons (Fsp3) is 0.0833. The Morgan fingerprint density at radius 2 is 1.71 bits per heavy atom. The Balaban J connectivity index is 1.48. The molecule has 0 bridgehead atoms. The Morgan fingerprint density at radius 3 is 2.55 bits per heavy atom. The van der Waals surface area contributed by atoms with Gasteiger partial charge in [-0.1, -0.05) is 42.5 Å². The lowest BCUT2D eigenvalue weighted by molar-refractivity contribution is 0.0989. The predicted molar refractivity (Wildman–Crippen MR) is 121 cm³/mol. The SMILES string of the molecule is O=C(c1ccncc1)N1CCc2ccc(NS(=O)(=O)c3cccc4ccccc34)cc21. The number of carbonyl (C=O) groups excluding carboxylic acids is 1. The summed E-state index contributed by atoms with van der Waals surface area (Å²) in [5.41, 5.74) is 2.70. The summed E-state index contributed by atoms with van der Waals surface area (Å²) >= 11 is 0. The summed E-state index contributed by atoms with van der Waals surface area (Å²) in [4.78, 5) is 18.8. The Morgan fingerprint density at radius 1 is 0.935 bits per heavy atom. The number of fused-ring (bicyclic) bond motifs is 2. The molecule has 1 amide bonds. The quantitative estimate of drug-likeness (QED) is 0.526. The Labute approximate surface area is 180 Å². The highest BCUT2D eigenvalue weighted by Crippen LogP contribution is 2.33. The summed E-state index contributed by atoms with van der Waals surface area (Å²) in [7, 11) is -3.81. The van der Waals surface area contributed by atoms with Gasteiger partial charge in [-0.05, 0) is 47.7 Å². The van der Waals surface area contributed by atoms with E-state index < -0.39 is 10.0 Å². The largest absolute Gasteiger partial charge is 0.308 e. The summed E-state index contributed by atoms with van der Waals surface area (Å²) in [6, 6.07) is 21.3. The first-order chi connectivity index (χ1) is 15.0. The molecule has 2 heterocycles. The van der Waals surface area contributed by atoms with E-state index in [0.29, 0.717) is 23.2 Å². The minimum Gasteiger partial charge on any atom is -0.308 e. The van der Waals surface area contributed by atoms with Gasteiger partial charge in [0.15, 0.2) is 0 Å². The summed E-state index contributed by atoms with van der Waals surface area (Å²) in [5, 5.41) is 1.52. The number of aromatic nitrogens is 1. The summed E-state index contributed by atoms with van der Waals surface area (Å²) in [6.07, 6.45) is 3.89. The van der Waals surface area contributed by atoms with Crippen molar-refractivity contribution in [2.24, 2.45) is 0 Å². The van der Waals surface area contributed by atoms with Crippen molar-refractivity contribution in [3.63, 3.8) is 0 Å². The molecule has 6 nitrogen and oxygen atoms in total. The molecule has 0 radical (unpaired) electrons. The highest BCUT2D eigenvalue weighted by Gasteiger charge is 2.26. The van der Waals surface area contributed by atoms with Crippen LogP contribution >= 0.6 is 0 Å². The van der Waals surface area contributed by atoms with Crippen molar-refractivity contribution in [1.29, 1.82) is 0 Å². The zero-order valence-corrected chi connectivity index (χ0v) is 17.3. The number of hydrogen-bond acceptors (Lipinski definition) is 4. The maximum atomic E-state index is 13.2. The number of nitrogens with one attached hydrogen (secondary N) is 1. The van der Waals surface area contributed by atoms with E-state index in [0.717, 1.165) is 23.1 Å². The first-order valence-electron chi connectivity index (χ1n) is 9.88. The standard InChI is InChI=1S/C24H19N3O3S/c28-24(19-10-13-25-14-11-19)27-15-12-18-8-9-20(16-22(18)27)26-31(29,30)23-7-3-5-17-4-1-2-6-21(17)23/h1-11,13-14,16,26H,12,15H2. The number of pyridine rings is 1. The van der Waals surface area contributed by atoms with E-state index in [2.05, 4.69) is 9.71 Å². The van der Waals surface area contributed by atoms with Crippen molar-refractivity contribution in [2.45, 2.75) is 11.3 Å². The van der Waals surface area contributed by atoms with E-state index in [1.165, 1.54) is 0 Å². The lowest BCUT2D eigenvalue weighted by Gasteiger charge is -2.18. The Hall–Kier alpha value is -3.71. The Bertz CT molecular complexity index is 1400. The van der Waals surface area contributed by atoms with Crippen molar-refractivity contribution in [3.05, 3.63) is 96.3 Å². The highest BCUT2D eigenvalue weighted by molar-refractivity contribution is 7.93. The van der Waals surface area contributed by atoms with Crippen LogP contribution in [0.4, 0.5) is 11.4 Å². The van der Waals surface area contributed by atoms with Gasteiger partial charge in [-0.2, -0.15) is 0 Å². The van der Waals surface area contributed by atoms with Gasteiger partial charge in [0.25, 0.3) is 15.9 Å². The third-order valence-electron chi connectivity index (χ3n) is 5.44. The average Bonchev–Trinajstić information content (AvgIpc) is 3.21. The number of anilines is 2. The van der Waals surface area contributed by atoms with Crippen LogP contribution in [0.5, 0.6) is 0 Å². The normalized spacial score (nSPS) is 13.2. The molecule has 0 aliphatic carbocycles. The topological polar surface area (TPSA) is 79.4 Å². The molecule has 0 atom stereocenters. The molecule has 154 valence electrons. The van der Waals surface area contributed by atoms with Crippen LogP contribution in [0, 0.1) is 0 Å². The van der Waals surface area contributed by atoms with E-state index in [1.54, 1.807) is 59.8 Å². The lowest BCUT2D eigenvalue weighted by atomic mass is 10.1. The number of carbonyl (C=O) groups is 1. The monoisotopic (exact) mass is 429 g/mol. The number of hydrogen-bond donors (Lipinski definition) is 1. The molecule has 1 aliphatic heterocycles. The predicted octanol–water partition coefficient (Wildman–Crippen LogP) is 4.24. The van der Waals surface area contributed by atoms with E-state index >= 15 is 0 Å². The van der Waals surface area contributed by atoms with Gasteiger partial charge in [-0.3, -0.25) is 14.5 Å². The second kappa shape index (κ2) is 7.52. The van der Waals surface area contributed by atoms with Gasteiger partial charge in [0.1, 0.15) is 0 Å². The maximum Gasteiger partial charge on any atom is 0.262 e. The molecule has 0 saturated heterocycles. The van der Waals surface area contributed by atoms with Gasteiger partial charge in [0.2, 0.25) is 0 Å². The number of amides is 1. The second-order valence-electron chi connectivity index (χ2n) is 7.37. The smallest absolute Gasteiger partial charge is 0.262 e. The maximum absolute atomic E-state index is 13.2. The first-order valence-corrected chi connectivity index (χ1v) is 11.4. The number of nitrogens with zero attached hydrogens (tertiary/aromatic N) is 2. The molecule has 1 N–H and O–H groups in total. The van der Waals surface area contributed by atoms with Crippen molar-refractivity contribution in [2.75, 3.05) is 16.2 Å². The average molecular weight is 430 g/mol. The molecule has 4 aromatic rings. The van der Waals surface area contributed by atoms with Gasteiger partial charge in [0.05, 0.1) is 10.6 Å². The van der Waals surface area contributed by atoms with Gasteiger partial charge >= 0.3 is 0 Å². The fourth-order valence-electron chi connectivity index (χ4n) is 3.94. The van der Waals surface area contributed by atoms with Gasteiger partial charge in [0, 0.05) is 35.6 Å². The van der Waals surface area contributed by atoms with Crippen LogP contribution in [0.1, 0.15) is 15.9 Å². The van der Waals surface area contributed by atoms with Crippen molar-refractivity contribution >= 4 is 38.1 Å². The zero-order chi connectivity index (χ0) is 21.4. The van der Waals surface area contributed by atoms with Crippen LogP contribution in [0.2, 0.25) is 0 Å². The molecular weight excluding hydrogens is 410 g/mol. The van der Waals surface area contributed by atoms with E-state index in [-0.39, 0.29) is 10.8 Å². The van der Waals surface area contributed by atoms with Crippen molar-refractivity contribution in [3.8, 4) is 0 Å². The molecule has 31 heavy (non-hydrogen) atoms. The van der Waals surface area contributed by atoms with Crippen LogP contribution in [0.15, 0.2) is 90.1 Å². The van der Waals surface area contributed by atoms with E-state index in [9.17, 15) is 13.2 Å². The van der Waals surface area contributed by atoms with Crippen LogP contribution < -0.4 is 9.62 Å². The number of rotatable bonds is 4. The number of benzene rings is 3. The minimum atomic E-state index is -3.81. The summed E-state index contributed by atoms with van der Waals surface area (Å²) in [5.74, 6) is -0.129. The van der Waals surface area contributed by atoms with Crippen LogP contribution in [-0.4, -0.2) is 25.9 Å². The van der Waals surface area contributed by atoms with Gasteiger partial charge in [-0.25, -0.2) is 8.42 Å². The first kappa shape index (κ1) is 19.3. The summed E-state index contributed by atoms with van der Waals surface area (Å²) < 4.78 is 29.0. The third kappa shape index (κ3) is 3.53. The van der Waals surface area contributed by atoms with Crippen molar-refractivity contribution < 1.29 is 13.2 Å². The van der Waals surface area contributed by atoms with Crippen LogP contribution in [0.25, 0.3) is 10.8 Å². The fourth-order valence-corrected chi connectivity index (χ4v) is 5.22. The van der Waals surface area contributed by atoms with Gasteiger partial charge in [-0.15, -0.1) is 0 Å². The molecule has 5 rings (SSSR count). The minimum absolute atomic E-state index is 0.129. The molecule has 0 spiro atoms. The molecule has 1 aromatic heterocycles. The molecule has 0 saturated carbocycles. The molecule has 3 aromatic carbocycles. The van der Waals surface area contributed by atoms with E-state index in [4.69, 9.17) is 0 Å². The van der Waals surface area contributed by atoms with Crippen LogP contribution in [0.3, 0.4) is 0 Å². The Kier molecular flexibility index (Phi) is 4.67. The number of sulfonamides is 1. The molecular formula is C24H19N3O3S. The lowest BCUT2D eigenvalue weighted by Crippen LogP contribution is -2.28. The van der Waals surface area contributed by atoms with Gasteiger partial charge < -0.3 is 4.90 Å². The van der Waals surface area contributed by atoms with Crippen molar-refractivity contribution in [1.82, 2.24) is 4.98 Å². The summed E-state index contributed by atoms with van der Waals surface area (Å²) in [6.45, 7) is 0.552. The van der Waals surface area contributed by atoms with Crippen LogP contribution in [-0.2, 0) is 16.4 Å². The van der Waals surface area contributed by atoms with E-state index in [1.807, 2.05) is 30.3 Å². The second-order valence-corrected chi connectivity index (χ2v) is 9.02. The molecule has 1 aliphatic rings. The molecule has 7 heteroatoms. The molecule has 0 unspecified atom stereocenters. The highest BCUT2D eigenvalue weighted by atomic mass is 32.2. The molecule has 0 fully saturated rings. The zero-order valence-electron chi connectivity index (χ0n) is 16.5.